The standard InChI is InChI=1S/C53H101O22P/c1-3-5-7-9-11-13-15-17-19-21-23-25-27-29-31-68-36(34-69-39(56)30-28-26-24-22-20-18-16-14-12-10-8-6-4-2)35-70-76(66,67)75-51-49(73-52-47(64)42(59)40(57)37(32-54)71-52)45(62)44(61)46(63)50(51)74-53-48(65)43(60)41(58)38(33-55)72-53/h36-38,40-55,57-65H,3-35H2,1-2H3,(H,66,67)/t36-,37?,38?,40-,41+,42?,43+,44?,45+,46?,47-,48?,49?,50?,51?,52-,53+/m1/s1. The van der Waals surface area contributed by atoms with E-state index in [1.807, 2.05) is 0 Å². The van der Waals surface area contributed by atoms with Crippen LogP contribution in [0.1, 0.15) is 194 Å². The van der Waals surface area contributed by atoms with E-state index >= 15 is 0 Å². The number of aliphatic hydroxyl groups excluding tert-OH is 11. The molecule has 0 amide bonds. The first kappa shape index (κ1) is 69.2. The molecule has 0 aromatic carbocycles. The van der Waals surface area contributed by atoms with E-state index in [-0.39, 0.29) is 19.6 Å². The van der Waals surface area contributed by atoms with Crippen LogP contribution >= 0.6 is 7.82 Å². The first-order valence-electron chi connectivity index (χ1n) is 28.9. The monoisotopic (exact) mass is 1120 g/mol. The van der Waals surface area contributed by atoms with Crippen molar-refractivity contribution in [1.82, 2.24) is 0 Å². The predicted molar refractivity (Wildman–Crippen MR) is 277 cm³/mol. The van der Waals surface area contributed by atoms with Crippen LogP contribution in [0, 0.1) is 0 Å². The van der Waals surface area contributed by atoms with E-state index in [4.69, 9.17) is 37.5 Å². The molecule has 0 spiro atoms. The van der Waals surface area contributed by atoms with Crippen molar-refractivity contribution in [3.8, 4) is 0 Å². The predicted octanol–water partition coefficient (Wildman–Crippen LogP) is 3.85. The number of unbranched alkanes of at least 4 members (excludes halogenated alkanes) is 25. The van der Waals surface area contributed by atoms with Crippen LogP contribution in [0.4, 0.5) is 0 Å². The Labute approximate surface area is 451 Å². The Bertz CT molecular complexity index is 1470. The minimum absolute atomic E-state index is 0.149. The van der Waals surface area contributed by atoms with Gasteiger partial charge in [-0.1, -0.05) is 174 Å². The molecule has 22 nitrogen and oxygen atoms in total. The minimum atomic E-state index is -5.50. The highest BCUT2D eigenvalue weighted by Gasteiger charge is 2.58. The summed E-state index contributed by atoms with van der Waals surface area (Å²) in [6.07, 6.45) is -2.73. The van der Waals surface area contributed by atoms with Crippen LogP contribution < -0.4 is 0 Å². The maximum absolute atomic E-state index is 14.0. The molecule has 2 aliphatic heterocycles. The van der Waals surface area contributed by atoms with Gasteiger partial charge < -0.3 is 89.5 Å². The number of carbonyl (C=O) groups is 1. The second-order valence-electron chi connectivity index (χ2n) is 21.2. The van der Waals surface area contributed by atoms with Crippen molar-refractivity contribution in [3.05, 3.63) is 0 Å². The molecule has 1 saturated carbocycles. The Morgan fingerprint density at radius 3 is 1.20 bits per heavy atom. The summed E-state index contributed by atoms with van der Waals surface area (Å²) >= 11 is 0. The molecule has 76 heavy (non-hydrogen) atoms. The Morgan fingerprint density at radius 2 is 0.816 bits per heavy atom. The van der Waals surface area contributed by atoms with Crippen LogP contribution in [0.25, 0.3) is 0 Å². The summed E-state index contributed by atoms with van der Waals surface area (Å²) in [6, 6.07) is 0. The van der Waals surface area contributed by atoms with Gasteiger partial charge >= 0.3 is 13.8 Å². The lowest BCUT2D eigenvalue weighted by molar-refractivity contribution is -0.360. The summed E-state index contributed by atoms with van der Waals surface area (Å²) in [4.78, 5) is 24.3. The number of hydrogen-bond acceptors (Lipinski definition) is 21. The highest BCUT2D eigenvalue weighted by molar-refractivity contribution is 7.47. The van der Waals surface area contributed by atoms with Gasteiger partial charge in [0.05, 0.1) is 19.8 Å². The quantitative estimate of drug-likeness (QED) is 0.0234. The number of hydrogen-bond donors (Lipinski definition) is 12. The molecular weight excluding hydrogens is 1020 g/mol. The molecule has 0 aromatic heterocycles. The first-order chi connectivity index (χ1) is 36.5. The molecule has 0 bridgehead atoms. The van der Waals surface area contributed by atoms with Crippen molar-refractivity contribution < 1.29 is 108 Å². The topological polar surface area (TPSA) is 351 Å². The van der Waals surface area contributed by atoms with E-state index in [1.54, 1.807) is 0 Å². The van der Waals surface area contributed by atoms with Gasteiger partial charge in [0.25, 0.3) is 0 Å². The highest BCUT2D eigenvalue weighted by Crippen LogP contribution is 2.49. The molecule has 23 heteroatoms. The Kier molecular flexibility index (Phi) is 35.9. The number of phosphoric ester groups is 1. The van der Waals surface area contributed by atoms with Crippen LogP contribution in [0.15, 0.2) is 0 Å². The Hall–Kier alpha value is -1.06. The SMILES string of the molecule is CCCCCCCCCCCCCCCCO[C@H](COC(=O)CCCCCCCCCCCCCCC)COP(=O)(O)OC1C(O[C@@H]2OC(CO)[C@H](O)[C@H](O)C2O)C(O)C(O)[C@H](O)C1O[C@H]1OC(CO)[C@@H](O)C(O)[C@H]1O. The highest BCUT2D eigenvalue weighted by atomic mass is 31.2. The summed E-state index contributed by atoms with van der Waals surface area (Å²) in [5.41, 5.74) is 0. The molecule has 3 rings (SSSR count). The molecule has 0 aromatic rings. The molecule has 18 atom stereocenters. The van der Waals surface area contributed by atoms with Crippen LogP contribution in [0.2, 0.25) is 0 Å². The summed E-state index contributed by atoms with van der Waals surface area (Å²) in [7, 11) is -5.50. The lowest BCUT2D eigenvalue weighted by Crippen LogP contribution is -2.69. The molecule has 0 radical (unpaired) electrons. The Balaban J connectivity index is 1.69. The lowest BCUT2D eigenvalue weighted by Gasteiger charge is -2.49. The smallest absolute Gasteiger partial charge is 0.463 e. The van der Waals surface area contributed by atoms with Gasteiger partial charge in [-0.05, 0) is 12.8 Å². The number of rotatable bonds is 43. The fourth-order valence-electron chi connectivity index (χ4n) is 9.87. The van der Waals surface area contributed by atoms with Crippen LogP contribution in [0.3, 0.4) is 0 Å². The van der Waals surface area contributed by atoms with Gasteiger partial charge in [0.1, 0.15) is 98.2 Å². The van der Waals surface area contributed by atoms with Gasteiger partial charge in [-0.3, -0.25) is 13.8 Å². The second-order valence-corrected chi connectivity index (χ2v) is 22.6. The van der Waals surface area contributed by atoms with E-state index in [2.05, 4.69) is 13.8 Å². The van der Waals surface area contributed by atoms with Crippen molar-refractivity contribution in [3.63, 3.8) is 0 Å². The maximum atomic E-state index is 14.0. The fraction of sp³-hybridized carbons (Fsp3) is 0.981. The number of phosphoric acid groups is 1. The van der Waals surface area contributed by atoms with Gasteiger partial charge in [-0.2, -0.15) is 0 Å². The van der Waals surface area contributed by atoms with Gasteiger partial charge in [0.2, 0.25) is 0 Å². The van der Waals surface area contributed by atoms with E-state index in [0.717, 1.165) is 51.4 Å². The number of ether oxygens (including phenoxy) is 6. The summed E-state index contributed by atoms with van der Waals surface area (Å²) in [5.74, 6) is -0.498. The number of carbonyl (C=O) groups excluding carboxylic acids is 1. The maximum Gasteiger partial charge on any atom is 0.472 e. The zero-order valence-corrected chi connectivity index (χ0v) is 46.4. The molecule has 3 aliphatic rings. The van der Waals surface area contributed by atoms with Crippen molar-refractivity contribution in [1.29, 1.82) is 0 Å². The fourth-order valence-corrected chi connectivity index (χ4v) is 10.8. The van der Waals surface area contributed by atoms with E-state index in [1.165, 1.54) is 109 Å². The average Bonchev–Trinajstić information content (AvgIpc) is 3.40. The van der Waals surface area contributed by atoms with Crippen molar-refractivity contribution in [2.45, 2.75) is 298 Å². The average molecular weight is 1120 g/mol. The lowest BCUT2D eigenvalue weighted by atomic mass is 9.84. The van der Waals surface area contributed by atoms with Gasteiger partial charge in [0, 0.05) is 13.0 Å². The van der Waals surface area contributed by atoms with Crippen LogP contribution in [-0.2, 0) is 46.8 Å². The largest absolute Gasteiger partial charge is 0.472 e. The Morgan fingerprint density at radius 1 is 0.461 bits per heavy atom. The van der Waals surface area contributed by atoms with Gasteiger partial charge in [-0.25, -0.2) is 4.57 Å². The van der Waals surface area contributed by atoms with Crippen LogP contribution in [-0.4, -0.2) is 204 Å². The summed E-state index contributed by atoms with van der Waals surface area (Å²) in [5, 5.41) is 117. The zero-order valence-electron chi connectivity index (χ0n) is 45.5. The zero-order chi connectivity index (χ0) is 55.9. The van der Waals surface area contributed by atoms with Crippen molar-refractivity contribution in [2.75, 3.05) is 33.0 Å². The molecule has 1 aliphatic carbocycles. The summed E-state index contributed by atoms with van der Waals surface area (Å²) < 4.78 is 58.9. The third-order valence-corrected chi connectivity index (χ3v) is 15.7. The molecule has 450 valence electrons. The second kappa shape index (κ2) is 39.4. The number of esters is 1. The van der Waals surface area contributed by atoms with E-state index in [9.17, 15) is 70.4 Å². The molecule has 2 saturated heterocycles. The first-order valence-corrected chi connectivity index (χ1v) is 30.4. The van der Waals surface area contributed by atoms with Gasteiger partial charge in [0.15, 0.2) is 12.6 Å². The molecule has 10 unspecified atom stereocenters. The van der Waals surface area contributed by atoms with E-state index in [0.29, 0.717) is 12.8 Å². The molecular formula is C53H101O22P. The normalized spacial score (nSPS) is 32.3. The molecule has 12 N–H and O–H groups in total. The van der Waals surface area contributed by atoms with E-state index < -0.39 is 138 Å². The number of aliphatic hydroxyl groups is 11. The minimum Gasteiger partial charge on any atom is -0.463 e. The van der Waals surface area contributed by atoms with Gasteiger partial charge in [-0.15, -0.1) is 0 Å². The van der Waals surface area contributed by atoms with Crippen LogP contribution in [0.5, 0.6) is 0 Å². The molecule has 3 fully saturated rings. The summed E-state index contributed by atoms with van der Waals surface area (Å²) in [6.45, 7) is 1.73. The third-order valence-electron chi connectivity index (χ3n) is 14.7. The third kappa shape index (κ3) is 25.0. The van der Waals surface area contributed by atoms with Crippen molar-refractivity contribution in [2.24, 2.45) is 0 Å². The van der Waals surface area contributed by atoms with Crippen molar-refractivity contribution >= 4 is 13.8 Å². The molecule has 2 heterocycles.